The van der Waals surface area contributed by atoms with Crippen molar-refractivity contribution < 1.29 is 19.1 Å². The number of hydrogen-bond acceptors (Lipinski definition) is 4. The lowest BCUT2D eigenvalue weighted by Crippen LogP contribution is -2.38. The van der Waals surface area contributed by atoms with Crippen molar-refractivity contribution in [1.82, 2.24) is 10.2 Å². The number of nitrogens with zero attached hydrogens (tertiary/aromatic N) is 1. The van der Waals surface area contributed by atoms with Gasteiger partial charge < -0.3 is 15.0 Å². The number of carbonyl (C=O) groups is 3. The second-order valence-electron chi connectivity index (χ2n) is 6.77. The number of likely N-dealkylation sites (N-methyl/N-ethyl adjacent to an activating group) is 1. The van der Waals surface area contributed by atoms with E-state index in [-0.39, 0.29) is 18.4 Å². The lowest BCUT2D eigenvalue weighted by molar-refractivity contribution is -0.160. The number of rotatable bonds is 8. The normalized spacial score (nSPS) is 11.4. The Hall–Kier alpha value is -3.15. The second kappa shape index (κ2) is 10.4. The number of benzene rings is 2. The molecule has 0 spiro atoms. The van der Waals surface area contributed by atoms with Crippen LogP contribution < -0.4 is 5.32 Å². The zero-order valence-corrected chi connectivity index (χ0v) is 17.4. The maximum atomic E-state index is 12.8. The van der Waals surface area contributed by atoms with E-state index in [9.17, 15) is 14.4 Å². The van der Waals surface area contributed by atoms with Gasteiger partial charge in [0.15, 0.2) is 0 Å². The Morgan fingerprint density at radius 2 is 1.62 bits per heavy atom. The Morgan fingerprint density at radius 1 is 0.966 bits per heavy atom. The summed E-state index contributed by atoms with van der Waals surface area (Å²) < 4.78 is 5.47. The van der Waals surface area contributed by atoms with Gasteiger partial charge in [0, 0.05) is 24.2 Å². The van der Waals surface area contributed by atoms with Crippen LogP contribution in [0.2, 0.25) is 0 Å². The molecule has 2 aromatic carbocycles. The molecule has 0 radical (unpaired) electrons. The Kier molecular flexibility index (Phi) is 7.95. The third kappa shape index (κ3) is 5.91. The molecule has 0 aliphatic carbocycles. The average molecular weight is 396 g/mol. The first kappa shape index (κ1) is 22.1. The van der Waals surface area contributed by atoms with Crippen molar-refractivity contribution in [3.8, 4) is 0 Å². The molecule has 0 bridgehead atoms. The van der Waals surface area contributed by atoms with Gasteiger partial charge in [-0.25, -0.2) is 0 Å². The number of carbonyl (C=O) groups excluding carboxylic acids is 3. The van der Waals surface area contributed by atoms with Gasteiger partial charge in [0.25, 0.3) is 11.8 Å². The van der Waals surface area contributed by atoms with E-state index < -0.39 is 12.1 Å². The topological polar surface area (TPSA) is 75.7 Å². The predicted octanol–water partition coefficient (Wildman–Crippen LogP) is 3.19. The van der Waals surface area contributed by atoms with Crippen LogP contribution in [0.15, 0.2) is 48.5 Å². The Labute approximate surface area is 171 Å². The van der Waals surface area contributed by atoms with Crippen molar-refractivity contribution in [2.24, 2.45) is 0 Å². The highest BCUT2D eigenvalue weighted by molar-refractivity contribution is 5.96. The quantitative estimate of drug-likeness (QED) is 0.696. The summed E-state index contributed by atoms with van der Waals surface area (Å²) in [5.41, 5.74) is 3.15. The molecular formula is C23H28N2O4. The SMILES string of the molecule is CCN(CC)C(=O)[C@H](OC(=O)CNC(=O)c1ccc(C)c(C)c1)c1ccccc1. The molecule has 0 aliphatic heterocycles. The Morgan fingerprint density at radius 3 is 2.21 bits per heavy atom. The summed E-state index contributed by atoms with van der Waals surface area (Å²) in [7, 11) is 0. The molecule has 0 saturated carbocycles. The van der Waals surface area contributed by atoms with Gasteiger partial charge >= 0.3 is 5.97 Å². The predicted molar refractivity (Wildman–Crippen MR) is 111 cm³/mol. The highest BCUT2D eigenvalue weighted by Gasteiger charge is 2.28. The lowest BCUT2D eigenvalue weighted by Gasteiger charge is -2.25. The minimum atomic E-state index is -1.04. The fourth-order valence-corrected chi connectivity index (χ4v) is 2.90. The van der Waals surface area contributed by atoms with Crippen molar-refractivity contribution >= 4 is 17.8 Å². The fourth-order valence-electron chi connectivity index (χ4n) is 2.90. The van der Waals surface area contributed by atoms with Crippen molar-refractivity contribution in [3.05, 3.63) is 70.8 Å². The Bertz CT molecular complexity index is 860. The minimum absolute atomic E-state index is 0.282. The number of ether oxygens (including phenoxy) is 1. The molecule has 0 unspecified atom stereocenters. The molecule has 6 nitrogen and oxygen atoms in total. The van der Waals surface area contributed by atoms with Crippen LogP contribution >= 0.6 is 0 Å². The van der Waals surface area contributed by atoms with Crippen LogP contribution in [0.25, 0.3) is 0 Å². The fraction of sp³-hybridized carbons (Fsp3) is 0.348. The molecule has 6 heteroatoms. The van der Waals surface area contributed by atoms with E-state index in [1.54, 1.807) is 41.3 Å². The monoisotopic (exact) mass is 396 g/mol. The zero-order chi connectivity index (χ0) is 21.4. The molecule has 1 N–H and O–H groups in total. The van der Waals surface area contributed by atoms with Crippen LogP contribution in [0.1, 0.15) is 47.0 Å². The summed E-state index contributed by atoms with van der Waals surface area (Å²) in [6, 6.07) is 14.2. The molecule has 0 heterocycles. The van der Waals surface area contributed by atoms with Crippen molar-refractivity contribution in [1.29, 1.82) is 0 Å². The molecule has 29 heavy (non-hydrogen) atoms. The lowest BCUT2D eigenvalue weighted by atomic mass is 10.1. The first-order valence-electron chi connectivity index (χ1n) is 9.76. The molecule has 0 saturated heterocycles. The molecule has 2 aromatic rings. The molecule has 2 amide bonds. The highest BCUT2D eigenvalue weighted by Crippen LogP contribution is 2.20. The van der Waals surface area contributed by atoms with Gasteiger partial charge in [-0.1, -0.05) is 36.4 Å². The standard InChI is InChI=1S/C23H28N2O4/c1-5-25(6-2)23(28)21(18-10-8-7-9-11-18)29-20(26)15-24-22(27)19-13-12-16(3)17(4)14-19/h7-14,21H,5-6,15H2,1-4H3,(H,24,27)/t21-/m1/s1. The van der Waals surface area contributed by atoms with Crippen LogP contribution in [0.4, 0.5) is 0 Å². The molecule has 0 aliphatic rings. The molecule has 1 atom stereocenters. The molecule has 0 aromatic heterocycles. The van der Waals surface area contributed by atoms with E-state index in [2.05, 4.69) is 5.32 Å². The third-order valence-electron chi connectivity index (χ3n) is 4.81. The van der Waals surface area contributed by atoms with Gasteiger partial charge in [-0.2, -0.15) is 0 Å². The van der Waals surface area contributed by atoms with Gasteiger partial charge in [-0.05, 0) is 51.0 Å². The van der Waals surface area contributed by atoms with E-state index in [0.29, 0.717) is 24.2 Å². The Balaban J connectivity index is 2.06. The van der Waals surface area contributed by atoms with E-state index in [4.69, 9.17) is 4.74 Å². The number of nitrogens with one attached hydrogen (secondary N) is 1. The molecule has 154 valence electrons. The first-order chi connectivity index (χ1) is 13.9. The summed E-state index contributed by atoms with van der Waals surface area (Å²) in [4.78, 5) is 39.1. The van der Waals surface area contributed by atoms with Gasteiger partial charge in [0.05, 0.1) is 0 Å². The van der Waals surface area contributed by atoms with Crippen LogP contribution in [-0.4, -0.2) is 42.3 Å². The smallest absolute Gasteiger partial charge is 0.326 e. The number of hydrogen-bond donors (Lipinski definition) is 1. The molecule has 2 rings (SSSR count). The second-order valence-corrected chi connectivity index (χ2v) is 6.77. The van der Waals surface area contributed by atoms with Gasteiger partial charge in [-0.3, -0.25) is 14.4 Å². The average Bonchev–Trinajstić information content (AvgIpc) is 2.73. The van der Waals surface area contributed by atoms with E-state index in [1.165, 1.54) is 0 Å². The van der Waals surface area contributed by atoms with E-state index in [1.807, 2.05) is 39.8 Å². The van der Waals surface area contributed by atoms with E-state index >= 15 is 0 Å². The van der Waals surface area contributed by atoms with E-state index in [0.717, 1.165) is 11.1 Å². The first-order valence-corrected chi connectivity index (χ1v) is 9.76. The van der Waals surface area contributed by atoms with Gasteiger partial charge in [0.2, 0.25) is 6.10 Å². The molecular weight excluding hydrogens is 368 g/mol. The number of amides is 2. The summed E-state index contributed by atoms with van der Waals surface area (Å²) in [6.07, 6.45) is -1.04. The minimum Gasteiger partial charge on any atom is -0.446 e. The highest BCUT2D eigenvalue weighted by atomic mass is 16.5. The third-order valence-corrected chi connectivity index (χ3v) is 4.81. The van der Waals surface area contributed by atoms with Crippen molar-refractivity contribution in [2.45, 2.75) is 33.8 Å². The number of aryl methyl sites for hydroxylation is 2. The maximum Gasteiger partial charge on any atom is 0.326 e. The zero-order valence-electron chi connectivity index (χ0n) is 17.4. The van der Waals surface area contributed by atoms with Crippen LogP contribution in [-0.2, 0) is 14.3 Å². The van der Waals surface area contributed by atoms with Crippen LogP contribution in [0.3, 0.4) is 0 Å². The summed E-state index contributed by atoms with van der Waals surface area (Å²) in [5, 5.41) is 2.56. The molecule has 0 fully saturated rings. The number of esters is 1. The van der Waals surface area contributed by atoms with Crippen molar-refractivity contribution in [2.75, 3.05) is 19.6 Å². The van der Waals surface area contributed by atoms with Crippen LogP contribution in [0.5, 0.6) is 0 Å². The summed E-state index contributed by atoms with van der Waals surface area (Å²) >= 11 is 0. The maximum absolute atomic E-state index is 12.8. The summed E-state index contributed by atoms with van der Waals surface area (Å²) in [5.74, 6) is -1.32. The van der Waals surface area contributed by atoms with Gasteiger partial charge in [0.1, 0.15) is 6.54 Å². The summed E-state index contributed by atoms with van der Waals surface area (Å²) in [6.45, 7) is 8.33. The van der Waals surface area contributed by atoms with Gasteiger partial charge in [-0.15, -0.1) is 0 Å². The van der Waals surface area contributed by atoms with Crippen LogP contribution in [0, 0.1) is 13.8 Å². The largest absolute Gasteiger partial charge is 0.446 e. The van der Waals surface area contributed by atoms with Crippen molar-refractivity contribution in [3.63, 3.8) is 0 Å².